The Morgan fingerprint density at radius 1 is 1.00 bits per heavy atom. The lowest BCUT2D eigenvalue weighted by Crippen LogP contribution is -2.43. The monoisotopic (exact) mass is 435 g/mol. The number of benzene rings is 2. The van der Waals surface area contributed by atoms with Gasteiger partial charge < -0.3 is 15.2 Å². The fourth-order valence-corrected chi connectivity index (χ4v) is 5.07. The number of carboxylic acids is 1. The van der Waals surface area contributed by atoms with Crippen molar-refractivity contribution in [2.75, 3.05) is 0 Å². The molecule has 0 bridgehead atoms. The molecule has 4 heteroatoms. The van der Waals surface area contributed by atoms with E-state index in [0.29, 0.717) is 17.6 Å². The molecule has 2 aromatic carbocycles. The van der Waals surface area contributed by atoms with Gasteiger partial charge in [-0.25, -0.2) is 0 Å². The first-order valence-corrected chi connectivity index (χ1v) is 12.1. The van der Waals surface area contributed by atoms with Gasteiger partial charge in [-0.05, 0) is 84.7 Å². The maximum absolute atomic E-state index is 11.0. The largest absolute Gasteiger partial charge is 0.490 e. The highest BCUT2D eigenvalue weighted by Crippen LogP contribution is 2.39. The third-order valence-electron chi connectivity index (χ3n) is 7.40. The average molecular weight is 436 g/mol. The average Bonchev–Trinajstić information content (AvgIpc) is 2.73. The number of hydrogen-bond donors (Lipinski definition) is 2. The van der Waals surface area contributed by atoms with Gasteiger partial charge in [0, 0.05) is 12.6 Å². The van der Waals surface area contributed by atoms with E-state index in [9.17, 15) is 4.79 Å². The van der Waals surface area contributed by atoms with Crippen molar-refractivity contribution in [3.63, 3.8) is 0 Å². The molecule has 2 N–H and O–H groups in total. The molecule has 4 rings (SSSR count). The van der Waals surface area contributed by atoms with E-state index in [1.54, 1.807) is 0 Å². The van der Waals surface area contributed by atoms with Crippen LogP contribution in [0, 0.1) is 17.3 Å². The van der Waals surface area contributed by atoms with Crippen molar-refractivity contribution < 1.29 is 14.6 Å². The number of carbonyl (C=O) groups is 1. The topological polar surface area (TPSA) is 58.6 Å². The fourth-order valence-electron chi connectivity index (χ4n) is 5.07. The molecule has 4 nitrogen and oxygen atoms in total. The van der Waals surface area contributed by atoms with E-state index in [4.69, 9.17) is 9.84 Å². The van der Waals surface area contributed by atoms with Gasteiger partial charge in [-0.3, -0.25) is 4.79 Å². The van der Waals surface area contributed by atoms with E-state index in [1.165, 1.54) is 29.5 Å². The van der Waals surface area contributed by atoms with Gasteiger partial charge in [0.15, 0.2) is 0 Å². The quantitative estimate of drug-likeness (QED) is 0.536. The molecule has 2 fully saturated rings. The summed E-state index contributed by atoms with van der Waals surface area (Å²) in [6.07, 6.45) is 6.60. The van der Waals surface area contributed by atoms with Crippen LogP contribution in [0.15, 0.2) is 48.5 Å². The molecule has 0 amide bonds. The van der Waals surface area contributed by atoms with Gasteiger partial charge in [-0.1, -0.05) is 51.1 Å². The van der Waals surface area contributed by atoms with Crippen LogP contribution in [0.5, 0.6) is 5.75 Å². The van der Waals surface area contributed by atoms with Crippen LogP contribution in [0.2, 0.25) is 0 Å². The maximum atomic E-state index is 11.0. The van der Waals surface area contributed by atoms with Gasteiger partial charge in [-0.2, -0.15) is 0 Å². The van der Waals surface area contributed by atoms with Crippen LogP contribution < -0.4 is 10.1 Å². The van der Waals surface area contributed by atoms with Crippen LogP contribution in [0.25, 0.3) is 11.1 Å². The minimum Gasteiger partial charge on any atom is -0.490 e. The van der Waals surface area contributed by atoms with Crippen LogP contribution >= 0.6 is 0 Å². The zero-order chi connectivity index (χ0) is 22.7. The highest BCUT2D eigenvalue weighted by molar-refractivity contribution is 5.71. The molecule has 0 aliphatic heterocycles. The molecule has 0 aromatic heterocycles. The predicted molar refractivity (Wildman–Crippen MR) is 129 cm³/mol. The second-order valence-corrected chi connectivity index (χ2v) is 10.8. The minimum absolute atomic E-state index is 0.173. The second-order valence-electron chi connectivity index (χ2n) is 10.8. The third kappa shape index (κ3) is 5.72. The summed E-state index contributed by atoms with van der Waals surface area (Å²) in [5.74, 6) is 0.918. The van der Waals surface area contributed by atoms with Crippen LogP contribution in [-0.2, 0) is 11.3 Å². The summed E-state index contributed by atoms with van der Waals surface area (Å²) < 4.78 is 6.29. The zero-order valence-corrected chi connectivity index (χ0v) is 19.6. The van der Waals surface area contributed by atoms with E-state index in [-0.39, 0.29) is 5.92 Å². The summed E-state index contributed by atoms with van der Waals surface area (Å²) >= 11 is 0. The van der Waals surface area contributed by atoms with Crippen molar-refractivity contribution in [3.8, 4) is 16.9 Å². The summed E-state index contributed by atoms with van der Waals surface area (Å²) in [5, 5.41) is 12.5. The van der Waals surface area contributed by atoms with E-state index in [0.717, 1.165) is 43.9 Å². The lowest BCUT2D eigenvalue weighted by Gasteiger charge is -2.36. The number of hydrogen-bond acceptors (Lipinski definition) is 3. The highest BCUT2D eigenvalue weighted by Gasteiger charge is 2.34. The molecule has 0 radical (unpaired) electrons. The Labute approximate surface area is 192 Å². The Balaban J connectivity index is 1.29. The zero-order valence-electron chi connectivity index (χ0n) is 19.6. The van der Waals surface area contributed by atoms with Crippen molar-refractivity contribution in [3.05, 3.63) is 54.1 Å². The lowest BCUT2D eigenvalue weighted by molar-refractivity contribution is -0.145. The molecule has 2 saturated carbocycles. The standard InChI is InChI=1S/C28H37NO3/c1-28(2,3)23-9-13-26(14-10-23)32-25-11-7-20(8-12-25)21-6-4-5-19(15-21)18-29-24-16-22(17-24)27(30)31/h4-8,11-12,15,22-24,26,29H,9-10,13-14,16-18H2,1-3H3,(H,30,31). The first-order chi connectivity index (χ1) is 15.3. The van der Waals surface area contributed by atoms with Crippen LogP contribution in [0.3, 0.4) is 0 Å². The van der Waals surface area contributed by atoms with Crippen molar-refractivity contribution in [2.24, 2.45) is 17.3 Å². The van der Waals surface area contributed by atoms with Gasteiger partial charge in [0.2, 0.25) is 0 Å². The van der Waals surface area contributed by atoms with Gasteiger partial charge >= 0.3 is 5.97 Å². The molecule has 0 unspecified atom stereocenters. The summed E-state index contributed by atoms with van der Waals surface area (Å²) in [4.78, 5) is 11.0. The van der Waals surface area contributed by atoms with E-state index < -0.39 is 5.97 Å². The molecular formula is C28H37NO3. The molecule has 32 heavy (non-hydrogen) atoms. The van der Waals surface area contributed by atoms with Crippen molar-refractivity contribution >= 4 is 5.97 Å². The summed E-state index contributed by atoms with van der Waals surface area (Å²) in [6.45, 7) is 7.82. The number of rotatable bonds is 7. The molecule has 2 aliphatic rings. The number of carboxylic acid groups (broad SMARTS) is 1. The van der Waals surface area contributed by atoms with Crippen LogP contribution in [0.1, 0.15) is 64.9 Å². The molecule has 0 heterocycles. The highest BCUT2D eigenvalue weighted by atomic mass is 16.5. The molecule has 172 valence electrons. The maximum Gasteiger partial charge on any atom is 0.306 e. The van der Waals surface area contributed by atoms with E-state index in [1.807, 2.05) is 0 Å². The van der Waals surface area contributed by atoms with Crippen molar-refractivity contribution in [2.45, 2.75) is 78.0 Å². The smallest absolute Gasteiger partial charge is 0.306 e. The number of nitrogens with one attached hydrogen (secondary N) is 1. The van der Waals surface area contributed by atoms with Crippen molar-refractivity contribution in [1.82, 2.24) is 5.32 Å². The molecule has 2 aliphatic carbocycles. The van der Waals surface area contributed by atoms with E-state index >= 15 is 0 Å². The van der Waals surface area contributed by atoms with Gasteiger partial charge in [0.05, 0.1) is 12.0 Å². The van der Waals surface area contributed by atoms with Crippen LogP contribution in [0.4, 0.5) is 0 Å². The predicted octanol–water partition coefficient (Wildman–Crippen LogP) is 6.29. The Kier molecular flexibility index (Phi) is 6.90. The Morgan fingerprint density at radius 2 is 1.69 bits per heavy atom. The third-order valence-corrected chi connectivity index (χ3v) is 7.40. The summed E-state index contributed by atoms with van der Waals surface area (Å²) in [6, 6.07) is 17.3. The second kappa shape index (κ2) is 9.66. The number of aliphatic carboxylic acids is 1. The summed E-state index contributed by atoms with van der Waals surface area (Å²) in [5.41, 5.74) is 4.00. The lowest BCUT2D eigenvalue weighted by atomic mass is 9.72. The first-order valence-electron chi connectivity index (χ1n) is 12.1. The Hall–Kier alpha value is -2.33. The first kappa shape index (κ1) is 22.8. The molecular weight excluding hydrogens is 398 g/mol. The SMILES string of the molecule is CC(C)(C)C1CCC(Oc2ccc(-c3cccc(CNC4CC(C(=O)O)C4)c3)cc2)CC1. The van der Waals surface area contributed by atoms with E-state index in [2.05, 4.69) is 74.6 Å². The molecule has 0 atom stereocenters. The van der Waals surface area contributed by atoms with Gasteiger partial charge in [0.25, 0.3) is 0 Å². The van der Waals surface area contributed by atoms with Crippen molar-refractivity contribution in [1.29, 1.82) is 0 Å². The fraction of sp³-hybridized carbons (Fsp3) is 0.536. The van der Waals surface area contributed by atoms with Crippen LogP contribution in [-0.4, -0.2) is 23.2 Å². The Morgan fingerprint density at radius 3 is 2.31 bits per heavy atom. The molecule has 0 saturated heterocycles. The van der Waals surface area contributed by atoms with Gasteiger partial charge in [-0.15, -0.1) is 0 Å². The van der Waals surface area contributed by atoms with Gasteiger partial charge in [0.1, 0.15) is 5.75 Å². The normalized spacial score (nSPS) is 25.7. The number of ether oxygens (including phenoxy) is 1. The Bertz CT molecular complexity index is 901. The molecule has 0 spiro atoms. The molecule has 2 aromatic rings. The minimum atomic E-state index is -0.671. The summed E-state index contributed by atoms with van der Waals surface area (Å²) in [7, 11) is 0.